The van der Waals surface area contributed by atoms with Gasteiger partial charge in [0.15, 0.2) is 5.82 Å². The number of amides is 2. The molecule has 0 radical (unpaired) electrons. The molecule has 8 nitrogen and oxygen atoms in total. The molecule has 0 aromatic carbocycles. The lowest BCUT2D eigenvalue weighted by atomic mass is 9.61. The molecular formula is C25H30F3N7O. The van der Waals surface area contributed by atoms with Crippen LogP contribution in [0.2, 0.25) is 0 Å². The Bertz CT molecular complexity index is 1170. The highest BCUT2D eigenvalue weighted by molar-refractivity contribution is 5.77. The van der Waals surface area contributed by atoms with Gasteiger partial charge >= 0.3 is 12.2 Å². The van der Waals surface area contributed by atoms with Gasteiger partial charge in [0.25, 0.3) is 0 Å². The standard InChI is InChI=1S/C25H30F3N7O/c1-32(24(6-7-24)25(26,27)28)18-4-5-20(29-10-18)17-11-33(12-17)22(36)34-13-23(14-34)8-19(9-23)35-15-30-21(31-35)16-2-3-16/h4-5,10,15-17,19H,2-3,6-9,11-14H2,1H3. The molecule has 2 saturated heterocycles. The average molecular weight is 502 g/mol. The Hall–Kier alpha value is -2.85. The smallest absolute Gasteiger partial charge is 0.359 e. The fraction of sp³-hybridized carbons (Fsp3) is 0.680. The van der Waals surface area contributed by atoms with E-state index in [1.54, 1.807) is 12.1 Å². The van der Waals surface area contributed by atoms with Crippen LogP contribution in [0.1, 0.15) is 67.9 Å². The molecule has 0 bridgehead atoms. The number of alkyl halides is 3. The average Bonchev–Trinajstić information content (AvgIpc) is 3.68. The molecule has 2 aromatic heterocycles. The van der Waals surface area contributed by atoms with Gasteiger partial charge in [-0.3, -0.25) is 4.98 Å². The number of hydrogen-bond donors (Lipinski definition) is 0. The Labute approximate surface area is 207 Å². The lowest BCUT2D eigenvalue weighted by molar-refractivity contribution is -0.157. The van der Waals surface area contributed by atoms with E-state index in [0.29, 0.717) is 30.7 Å². The first kappa shape index (κ1) is 22.4. The second kappa shape index (κ2) is 7.35. The summed E-state index contributed by atoms with van der Waals surface area (Å²) >= 11 is 0. The Balaban J connectivity index is 0.884. The molecule has 7 rings (SSSR count). The highest BCUT2D eigenvalue weighted by Crippen LogP contribution is 2.55. The van der Waals surface area contributed by atoms with Crippen LogP contribution in [0.4, 0.5) is 23.7 Å². The summed E-state index contributed by atoms with van der Waals surface area (Å²) in [5.41, 5.74) is -0.219. The van der Waals surface area contributed by atoms with E-state index in [1.165, 1.54) is 31.0 Å². The van der Waals surface area contributed by atoms with E-state index < -0.39 is 11.7 Å². The summed E-state index contributed by atoms with van der Waals surface area (Å²) in [5.74, 6) is 1.68. The number of carbonyl (C=O) groups is 1. The van der Waals surface area contributed by atoms with Crippen LogP contribution >= 0.6 is 0 Å². The Morgan fingerprint density at radius 3 is 2.36 bits per heavy atom. The van der Waals surface area contributed by atoms with Crippen LogP contribution in [0.25, 0.3) is 0 Å². The summed E-state index contributed by atoms with van der Waals surface area (Å²) in [4.78, 5) is 26.9. The van der Waals surface area contributed by atoms with E-state index in [4.69, 9.17) is 0 Å². The molecule has 4 heterocycles. The Kier molecular flexibility index (Phi) is 4.56. The normalized spacial score (nSPS) is 24.8. The quantitative estimate of drug-likeness (QED) is 0.621. The van der Waals surface area contributed by atoms with Crippen molar-refractivity contribution < 1.29 is 18.0 Å². The molecule has 2 aliphatic heterocycles. The number of likely N-dealkylation sites (tertiary alicyclic amines) is 2. The molecule has 1 spiro atoms. The number of carbonyl (C=O) groups excluding carboxylic acids is 1. The van der Waals surface area contributed by atoms with Gasteiger partial charge in [-0.15, -0.1) is 0 Å². The Morgan fingerprint density at radius 2 is 1.78 bits per heavy atom. The van der Waals surface area contributed by atoms with Crippen molar-refractivity contribution in [3.8, 4) is 0 Å². The monoisotopic (exact) mass is 501 g/mol. The minimum Gasteiger partial charge on any atom is -0.359 e. The summed E-state index contributed by atoms with van der Waals surface area (Å²) < 4.78 is 42.3. The summed E-state index contributed by atoms with van der Waals surface area (Å²) in [5, 5.41) is 4.66. The predicted molar refractivity (Wildman–Crippen MR) is 125 cm³/mol. The summed E-state index contributed by atoms with van der Waals surface area (Å²) in [6.07, 6.45) is 3.89. The minimum atomic E-state index is -4.25. The maximum atomic E-state index is 13.4. The van der Waals surface area contributed by atoms with Gasteiger partial charge in [-0.1, -0.05) is 0 Å². The summed E-state index contributed by atoms with van der Waals surface area (Å²) in [6.45, 7) is 2.80. The first-order valence-electron chi connectivity index (χ1n) is 12.9. The fourth-order valence-electron chi connectivity index (χ4n) is 6.31. The van der Waals surface area contributed by atoms with E-state index in [9.17, 15) is 18.0 Å². The van der Waals surface area contributed by atoms with Crippen molar-refractivity contribution in [3.05, 3.63) is 36.2 Å². The highest BCUT2D eigenvalue weighted by atomic mass is 19.4. The van der Waals surface area contributed by atoms with Gasteiger partial charge in [-0.05, 0) is 50.7 Å². The second-order valence-corrected chi connectivity index (χ2v) is 11.7. The molecule has 5 aliphatic rings. The van der Waals surface area contributed by atoms with Gasteiger partial charge in [0.1, 0.15) is 11.9 Å². The number of nitrogens with zero attached hydrogens (tertiary/aromatic N) is 7. The first-order chi connectivity index (χ1) is 17.2. The molecule has 36 heavy (non-hydrogen) atoms. The van der Waals surface area contributed by atoms with Crippen molar-refractivity contribution in [2.75, 3.05) is 38.1 Å². The van der Waals surface area contributed by atoms with Gasteiger partial charge in [0, 0.05) is 56.2 Å². The molecule has 3 aliphatic carbocycles. The molecule has 0 N–H and O–H groups in total. The van der Waals surface area contributed by atoms with Gasteiger partial charge in [0.2, 0.25) is 0 Å². The molecule has 0 unspecified atom stereocenters. The number of pyridine rings is 1. The van der Waals surface area contributed by atoms with E-state index in [-0.39, 0.29) is 30.2 Å². The first-order valence-corrected chi connectivity index (χ1v) is 12.9. The third kappa shape index (κ3) is 3.41. The number of anilines is 1. The number of urea groups is 1. The van der Waals surface area contributed by atoms with Crippen molar-refractivity contribution in [1.82, 2.24) is 29.5 Å². The fourth-order valence-corrected chi connectivity index (χ4v) is 6.31. The van der Waals surface area contributed by atoms with Crippen molar-refractivity contribution in [2.24, 2.45) is 5.41 Å². The van der Waals surface area contributed by atoms with Crippen LogP contribution < -0.4 is 4.90 Å². The van der Waals surface area contributed by atoms with Crippen LogP contribution in [0.5, 0.6) is 0 Å². The molecule has 192 valence electrons. The number of rotatable bonds is 5. The van der Waals surface area contributed by atoms with Crippen LogP contribution in [-0.4, -0.2) is 80.5 Å². The van der Waals surface area contributed by atoms with Gasteiger partial charge in [0.05, 0.1) is 17.9 Å². The van der Waals surface area contributed by atoms with E-state index >= 15 is 0 Å². The van der Waals surface area contributed by atoms with Crippen LogP contribution in [0, 0.1) is 5.41 Å². The maximum absolute atomic E-state index is 13.4. The molecule has 11 heteroatoms. The van der Waals surface area contributed by atoms with Crippen molar-refractivity contribution in [3.63, 3.8) is 0 Å². The number of halogens is 3. The number of hydrogen-bond acceptors (Lipinski definition) is 5. The molecule has 2 aromatic rings. The van der Waals surface area contributed by atoms with Crippen molar-refractivity contribution in [1.29, 1.82) is 0 Å². The molecular weight excluding hydrogens is 471 g/mol. The largest absolute Gasteiger partial charge is 0.411 e. The van der Waals surface area contributed by atoms with Gasteiger partial charge in [-0.25, -0.2) is 14.5 Å². The summed E-state index contributed by atoms with van der Waals surface area (Å²) in [6, 6.07) is 3.99. The maximum Gasteiger partial charge on any atom is 0.411 e. The summed E-state index contributed by atoms with van der Waals surface area (Å²) in [7, 11) is 1.49. The van der Waals surface area contributed by atoms with Gasteiger partial charge < -0.3 is 14.7 Å². The van der Waals surface area contributed by atoms with Crippen molar-refractivity contribution >= 4 is 11.7 Å². The molecule has 2 amide bonds. The van der Waals surface area contributed by atoms with E-state index in [1.807, 2.05) is 20.8 Å². The van der Waals surface area contributed by atoms with Crippen LogP contribution in [0.3, 0.4) is 0 Å². The lowest BCUT2D eigenvalue weighted by Gasteiger charge is -2.59. The predicted octanol–water partition coefficient (Wildman–Crippen LogP) is 3.94. The third-order valence-corrected chi connectivity index (χ3v) is 9.12. The molecule has 3 saturated carbocycles. The Morgan fingerprint density at radius 1 is 1.06 bits per heavy atom. The molecule has 5 fully saturated rings. The third-order valence-electron chi connectivity index (χ3n) is 9.12. The SMILES string of the molecule is CN(c1ccc(C2CN(C(=O)N3CC4(CC(n5cnc(C6CC6)n5)C4)C3)C2)nc1)C1(C(F)(F)F)CC1. The van der Waals surface area contributed by atoms with Crippen LogP contribution in [0.15, 0.2) is 24.7 Å². The van der Waals surface area contributed by atoms with Crippen molar-refractivity contribution in [2.45, 2.75) is 68.1 Å². The highest BCUT2D eigenvalue weighted by Gasteiger charge is 2.66. The van der Waals surface area contributed by atoms with Gasteiger partial charge in [-0.2, -0.15) is 18.3 Å². The zero-order valence-electron chi connectivity index (χ0n) is 20.3. The minimum absolute atomic E-state index is 0.0781. The van der Waals surface area contributed by atoms with E-state index in [0.717, 1.165) is 37.4 Å². The number of aromatic nitrogens is 4. The lowest BCUT2D eigenvalue weighted by Crippen LogP contribution is -2.67. The van der Waals surface area contributed by atoms with E-state index in [2.05, 4.69) is 15.1 Å². The zero-order valence-corrected chi connectivity index (χ0v) is 20.3. The van der Waals surface area contributed by atoms with Crippen LogP contribution in [-0.2, 0) is 0 Å². The molecule has 0 atom stereocenters. The topological polar surface area (TPSA) is 70.4 Å². The second-order valence-electron chi connectivity index (χ2n) is 11.7. The zero-order chi connectivity index (χ0) is 24.9.